The number of hydrogen-bond donors (Lipinski definition) is 1. The van der Waals surface area contributed by atoms with Gasteiger partial charge in [-0.15, -0.1) is 0 Å². The Hall–Kier alpha value is -2.46. The molecule has 0 aliphatic heterocycles. The summed E-state index contributed by atoms with van der Waals surface area (Å²) < 4.78 is 12.7. The highest BCUT2D eigenvalue weighted by Gasteiger charge is 2.15. The Bertz CT molecular complexity index is 865. The van der Waals surface area contributed by atoms with Crippen LogP contribution in [0.3, 0.4) is 0 Å². The highest BCUT2D eigenvalue weighted by molar-refractivity contribution is 9.10. The van der Waals surface area contributed by atoms with Crippen LogP contribution in [0.25, 0.3) is 0 Å². The number of nitrogens with one attached hydrogen (secondary N) is 1. The fourth-order valence-electron chi connectivity index (χ4n) is 2.77. The summed E-state index contributed by atoms with van der Waals surface area (Å²) in [6.45, 7) is 3.20. The van der Waals surface area contributed by atoms with Gasteiger partial charge in [0.25, 0.3) is 0 Å². The van der Waals surface area contributed by atoms with Crippen molar-refractivity contribution in [3.8, 4) is 11.5 Å². The molecule has 3 aromatic carbocycles. The molecule has 0 spiro atoms. The summed E-state index contributed by atoms with van der Waals surface area (Å²) in [4.78, 5) is 0. The molecule has 0 saturated heterocycles. The molecular formula is C22H22BrNO2. The standard InChI is InChI=1S/C22H22BrNO2/c1-16-7-6-8-17(13-16)15-26-22-19(20(23)11-12-21(22)25-2)14-24-18-9-4-3-5-10-18/h3-13,24H,14-15H2,1-2H3. The first kappa shape index (κ1) is 18.3. The van der Waals surface area contributed by atoms with Crippen LogP contribution >= 0.6 is 15.9 Å². The van der Waals surface area contributed by atoms with E-state index in [1.165, 1.54) is 5.56 Å². The Labute approximate surface area is 163 Å². The quantitative estimate of drug-likeness (QED) is 0.520. The van der Waals surface area contributed by atoms with Gasteiger partial charge in [-0.1, -0.05) is 64.0 Å². The summed E-state index contributed by atoms with van der Waals surface area (Å²) >= 11 is 3.65. The summed E-state index contributed by atoms with van der Waals surface area (Å²) in [6, 6.07) is 22.3. The highest BCUT2D eigenvalue weighted by atomic mass is 79.9. The van der Waals surface area contributed by atoms with Gasteiger partial charge in [-0.05, 0) is 36.8 Å². The SMILES string of the molecule is COc1ccc(Br)c(CNc2ccccc2)c1OCc1cccc(C)c1. The number of halogens is 1. The lowest BCUT2D eigenvalue weighted by Gasteiger charge is -2.18. The van der Waals surface area contributed by atoms with Gasteiger partial charge in [-0.2, -0.15) is 0 Å². The molecular weight excluding hydrogens is 390 g/mol. The van der Waals surface area contributed by atoms with Crippen molar-refractivity contribution in [1.82, 2.24) is 0 Å². The molecule has 0 unspecified atom stereocenters. The van der Waals surface area contributed by atoms with Crippen LogP contribution in [0.4, 0.5) is 5.69 Å². The second kappa shape index (κ2) is 8.77. The van der Waals surface area contributed by atoms with E-state index in [1.54, 1.807) is 7.11 Å². The molecule has 3 aromatic rings. The molecule has 0 saturated carbocycles. The van der Waals surface area contributed by atoms with Gasteiger partial charge < -0.3 is 14.8 Å². The van der Waals surface area contributed by atoms with E-state index in [-0.39, 0.29) is 0 Å². The van der Waals surface area contributed by atoms with Crippen LogP contribution in [0.15, 0.2) is 71.2 Å². The van der Waals surface area contributed by atoms with E-state index in [0.717, 1.165) is 32.8 Å². The van der Waals surface area contributed by atoms with Crippen LogP contribution in [0.2, 0.25) is 0 Å². The number of benzene rings is 3. The summed E-state index contributed by atoms with van der Waals surface area (Å²) in [5, 5.41) is 3.44. The van der Waals surface area contributed by atoms with E-state index >= 15 is 0 Å². The molecule has 0 aliphatic rings. The lowest BCUT2D eigenvalue weighted by Crippen LogP contribution is -2.06. The average molecular weight is 412 g/mol. The summed E-state index contributed by atoms with van der Waals surface area (Å²) in [6.07, 6.45) is 0. The van der Waals surface area contributed by atoms with Gasteiger partial charge in [0.05, 0.1) is 7.11 Å². The Morgan fingerprint density at radius 2 is 1.77 bits per heavy atom. The lowest BCUT2D eigenvalue weighted by atomic mass is 10.1. The minimum atomic E-state index is 0.493. The van der Waals surface area contributed by atoms with Gasteiger partial charge >= 0.3 is 0 Å². The van der Waals surface area contributed by atoms with Crippen molar-refractivity contribution in [3.63, 3.8) is 0 Å². The van der Waals surface area contributed by atoms with Crippen LogP contribution in [0.1, 0.15) is 16.7 Å². The van der Waals surface area contributed by atoms with E-state index in [1.807, 2.05) is 48.5 Å². The lowest BCUT2D eigenvalue weighted by molar-refractivity contribution is 0.281. The molecule has 1 N–H and O–H groups in total. The number of methoxy groups -OCH3 is 1. The zero-order chi connectivity index (χ0) is 18.4. The summed E-state index contributed by atoms with van der Waals surface area (Å²) in [7, 11) is 1.66. The first-order valence-corrected chi connectivity index (χ1v) is 9.29. The number of ether oxygens (including phenoxy) is 2. The van der Waals surface area contributed by atoms with Crippen LogP contribution in [0.5, 0.6) is 11.5 Å². The van der Waals surface area contributed by atoms with Gasteiger partial charge in [0.1, 0.15) is 6.61 Å². The van der Waals surface area contributed by atoms with Crippen LogP contribution in [0, 0.1) is 6.92 Å². The molecule has 0 aliphatic carbocycles. The largest absolute Gasteiger partial charge is 0.493 e. The molecule has 0 fully saturated rings. The Morgan fingerprint density at radius 1 is 0.962 bits per heavy atom. The molecule has 134 valence electrons. The van der Waals surface area contributed by atoms with Crippen molar-refractivity contribution < 1.29 is 9.47 Å². The smallest absolute Gasteiger partial charge is 0.167 e. The molecule has 0 bridgehead atoms. The average Bonchev–Trinajstić information content (AvgIpc) is 2.66. The zero-order valence-electron chi connectivity index (χ0n) is 15.0. The van der Waals surface area contributed by atoms with Crippen molar-refractivity contribution in [2.75, 3.05) is 12.4 Å². The number of para-hydroxylation sites is 1. The Balaban J connectivity index is 1.83. The third-order valence-corrected chi connectivity index (χ3v) is 4.84. The maximum Gasteiger partial charge on any atom is 0.167 e. The van der Waals surface area contributed by atoms with E-state index in [4.69, 9.17) is 9.47 Å². The zero-order valence-corrected chi connectivity index (χ0v) is 16.5. The minimum absolute atomic E-state index is 0.493. The molecule has 0 heterocycles. The van der Waals surface area contributed by atoms with E-state index < -0.39 is 0 Å². The molecule has 26 heavy (non-hydrogen) atoms. The van der Waals surface area contributed by atoms with Crippen molar-refractivity contribution in [3.05, 3.63) is 87.9 Å². The molecule has 3 rings (SSSR count). The highest BCUT2D eigenvalue weighted by Crippen LogP contribution is 2.37. The van der Waals surface area contributed by atoms with Crippen molar-refractivity contribution >= 4 is 21.6 Å². The van der Waals surface area contributed by atoms with Gasteiger partial charge in [-0.25, -0.2) is 0 Å². The summed E-state index contributed by atoms with van der Waals surface area (Å²) in [5.74, 6) is 1.48. The van der Waals surface area contributed by atoms with Gasteiger partial charge in [-0.3, -0.25) is 0 Å². The number of rotatable bonds is 7. The second-order valence-electron chi connectivity index (χ2n) is 6.05. The van der Waals surface area contributed by atoms with E-state index in [0.29, 0.717) is 13.2 Å². The first-order valence-electron chi connectivity index (χ1n) is 8.50. The van der Waals surface area contributed by atoms with Gasteiger partial charge in [0, 0.05) is 22.3 Å². The molecule has 0 aromatic heterocycles. The monoisotopic (exact) mass is 411 g/mol. The fourth-order valence-corrected chi connectivity index (χ4v) is 3.22. The van der Waals surface area contributed by atoms with E-state index in [2.05, 4.69) is 46.4 Å². The third kappa shape index (κ3) is 4.58. The van der Waals surface area contributed by atoms with Crippen LogP contribution in [-0.4, -0.2) is 7.11 Å². The van der Waals surface area contributed by atoms with Crippen LogP contribution in [-0.2, 0) is 13.2 Å². The topological polar surface area (TPSA) is 30.5 Å². The first-order chi connectivity index (χ1) is 12.7. The van der Waals surface area contributed by atoms with E-state index in [9.17, 15) is 0 Å². The third-order valence-electron chi connectivity index (χ3n) is 4.10. The molecule has 0 atom stereocenters. The minimum Gasteiger partial charge on any atom is -0.493 e. The van der Waals surface area contributed by atoms with Crippen LogP contribution < -0.4 is 14.8 Å². The number of aryl methyl sites for hydroxylation is 1. The van der Waals surface area contributed by atoms with Crippen molar-refractivity contribution in [2.45, 2.75) is 20.1 Å². The normalized spacial score (nSPS) is 10.4. The fraction of sp³-hybridized carbons (Fsp3) is 0.182. The molecule has 4 heteroatoms. The van der Waals surface area contributed by atoms with Gasteiger partial charge in [0.2, 0.25) is 0 Å². The molecule has 0 radical (unpaired) electrons. The second-order valence-corrected chi connectivity index (χ2v) is 6.91. The predicted molar refractivity (Wildman–Crippen MR) is 110 cm³/mol. The maximum absolute atomic E-state index is 6.17. The summed E-state index contributed by atoms with van der Waals surface area (Å²) in [5.41, 5.74) is 4.44. The van der Waals surface area contributed by atoms with Crippen molar-refractivity contribution in [1.29, 1.82) is 0 Å². The van der Waals surface area contributed by atoms with Crippen molar-refractivity contribution in [2.24, 2.45) is 0 Å². The number of anilines is 1. The Kier molecular flexibility index (Phi) is 6.18. The molecule has 3 nitrogen and oxygen atoms in total. The maximum atomic E-state index is 6.17. The Morgan fingerprint density at radius 3 is 2.50 bits per heavy atom. The predicted octanol–water partition coefficient (Wildman–Crippen LogP) is 5.96. The van der Waals surface area contributed by atoms with Gasteiger partial charge in [0.15, 0.2) is 11.5 Å². The molecule has 0 amide bonds. The number of hydrogen-bond acceptors (Lipinski definition) is 3.